The lowest BCUT2D eigenvalue weighted by atomic mass is 9.39. The highest BCUT2D eigenvalue weighted by atomic mass is 16.5. The molecule has 10 rings (SSSR count). The van der Waals surface area contributed by atoms with Gasteiger partial charge < -0.3 is 20.5 Å². The first-order chi connectivity index (χ1) is 13.1. The summed E-state index contributed by atoms with van der Waals surface area (Å²) in [5, 5.41) is 3.82. The molecule has 6 nitrogen and oxygen atoms in total. The van der Waals surface area contributed by atoms with Gasteiger partial charge in [0.05, 0.1) is 35.8 Å². The van der Waals surface area contributed by atoms with Crippen molar-refractivity contribution in [1.29, 1.82) is 0 Å². The number of nitrogens with two attached hydrogens (primary N) is 1. The van der Waals surface area contributed by atoms with Crippen LogP contribution in [-0.4, -0.2) is 53.8 Å². The van der Waals surface area contributed by atoms with E-state index in [1.807, 2.05) is 6.07 Å². The van der Waals surface area contributed by atoms with E-state index in [1.54, 1.807) is 7.11 Å². The van der Waals surface area contributed by atoms with Crippen LogP contribution >= 0.6 is 0 Å². The summed E-state index contributed by atoms with van der Waals surface area (Å²) in [7, 11) is 1.71. The van der Waals surface area contributed by atoms with E-state index in [9.17, 15) is 4.79 Å². The first kappa shape index (κ1) is 14.2. The molecule has 138 valence electrons. The summed E-state index contributed by atoms with van der Waals surface area (Å²) < 4.78 is 12.4. The van der Waals surface area contributed by atoms with Gasteiger partial charge in [-0.25, -0.2) is 0 Å². The van der Waals surface area contributed by atoms with Crippen LogP contribution in [0.25, 0.3) is 0 Å². The SMILES string of the molecule is COc1cccc2c1N[C@]13CC[C@]45C=CCN6[C@@H]7O[C@H]4[C@@]1(N)C(=O)[C@@H]7[C@]23[C@@H]65. The standard InChI is InChI=1S/C21H21N3O3/c1-26-11-5-2-4-10-13(11)23-19-8-7-18-6-3-9-24-15-12(20(10,19)16(18)24)14(25)21(19,22)17(18)27-15/h2-6,12,15-17,23H,7-9,22H2,1H3/t12-,15+,16-,17+,18-,19-,20-,21-/m0/s1. The minimum absolute atomic E-state index is 0.152. The summed E-state index contributed by atoms with van der Waals surface area (Å²) >= 11 is 0. The number of para-hydroxylation sites is 1. The molecule has 6 heteroatoms. The van der Waals surface area contributed by atoms with E-state index in [1.165, 1.54) is 5.56 Å². The molecule has 9 bridgehead atoms. The Morgan fingerprint density at radius 1 is 1.37 bits per heavy atom. The molecule has 0 amide bonds. The third-order valence-corrected chi connectivity index (χ3v) is 9.36. The highest BCUT2D eigenvalue weighted by Gasteiger charge is 2.97. The maximum absolute atomic E-state index is 13.9. The smallest absolute Gasteiger partial charge is 0.165 e. The quantitative estimate of drug-likeness (QED) is 0.718. The summed E-state index contributed by atoms with van der Waals surface area (Å²) in [5.74, 6) is 0.860. The Balaban J connectivity index is 1.58. The van der Waals surface area contributed by atoms with Gasteiger partial charge in [-0.3, -0.25) is 9.69 Å². The van der Waals surface area contributed by atoms with Gasteiger partial charge in [-0.2, -0.15) is 0 Å². The monoisotopic (exact) mass is 363 g/mol. The fraction of sp³-hybridized carbons (Fsp3) is 0.571. The largest absolute Gasteiger partial charge is 0.495 e. The predicted molar refractivity (Wildman–Crippen MR) is 96.4 cm³/mol. The minimum Gasteiger partial charge on any atom is -0.495 e. The molecule has 9 aliphatic rings. The van der Waals surface area contributed by atoms with E-state index in [2.05, 4.69) is 34.5 Å². The van der Waals surface area contributed by atoms with E-state index in [-0.39, 0.29) is 40.9 Å². The molecule has 7 fully saturated rings. The van der Waals surface area contributed by atoms with Crippen LogP contribution < -0.4 is 15.8 Å². The lowest BCUT2D eigenvalue weighted by molar-refractivity contribution is -0.267. The number of carbonyl (C=O) groups is 1. The maximum atomic E-state index is 13.9. The van der Waals surface area contributed by atoms with Crippen molar-refractivity contribution in [2.75, 3.05) is 19.0 Å². The molecule has 1 aromatic rings. The first-order valence-electron chi connectivity index (χ1n) is 9.96. The summed E-state index contributed by atoms with van der Waals surface area (Å²) in [6.07, 6.45) is 6.13. The van der Waals surface area contributed by atoms with Crippen molar-refractivity contribution >= 4 is 11.5 Å². The number of fused-ring (bicyclic) bond motifs is 2. The van der Waals surface area contributed by atoms with E-state index >= 15 is 0 Å². The second-order valence-electron chi connectivity index (χ2n) is 9.51. The molecule has 9 atom stereocenters. The zero-order valence-corrected chi connectivity index (χ0v) is 15.1. The number of Topliss-reactive ketones (excluding diaryl/α,β-unsaturated/α-hetero) is 1. The second-order valence-corrected chi connectivity index (χ2v) is 9.51. The number of nitrogens with one attached hydrogen (secondary N) is 1. The van der Waals surface area contributed by atoms with Gasteiger partial charge in [0.2, 0.25) is 0 Å². The van der Waals surface area contributed by atoms with Crippen LogP contribution in [0.15, 0.2) is 30.4 Å². The van der Waals surface area contributed by atoms with E-state index in [4.69, 9.17) is 15.2 Å². The average Bonchev–Trinajstić information content (AvgIpc) is 3.15. The lowest BCUT2D eigenvalue weighted by Crippen LogP contribution is -2.90. The molecular formula is C21H21N3O3. The van der Waals surface area contributed by atoms with Crippen molar-refractivity contribution in [1.82, 2.24) is 4.90 Å². The second kappa shape index (κ2) is 3.56. The van der Waals surface area contributed by atoms with Crippen molar-refractivity contribution in [3.8, 4) is 5.75 Å². The lowest BCUT2D eigenvalue weighted by Gasteiger charge is -2.72. The van der Waals surface area contributed by atoms with Crippen molar-refractivity contribution in [3.05, 3.63) is 35.9 Å². The minimum atomic E-state index is -0.985. The van der Waals surface area contributed by atoms with Gasteiger partial charge in [-0.15, -0.1) is 0 Å². The molecule has 5 aliphatic heterocycles. The number of methoxy groups -OCH3 is 1. The van der Waals surface area contributed by atoms with Crippen LogP contribution in [0.5, 0.6) is 5.75 Å². The van der Waals surface area contributed by atoms with Crippen LogP contribution in [0.2, 0.25) is 0 Å². The van der Waals surface area contributed by atoms with E-state index in [0.29, 0.717) is 0 Å². The average molecular weight is 363 g/mol. The number of benzene rings is 1. The van der Waals surface area contributed by atoms with Gasteiger partial charge in [-0.05, 0) is 24.5 Å². The number of rotatable bonds is 1. The zero-order chi connectivity index (χ0) is 18.0. The summed E-state index contributed by atoms with van der Waals surface area (Å²) in [5.41, 5.74) is 7.43. The van der Waals surface area contributed by atoms with Crippen LogP contribution in [-0.2, 0) is 14.9 Å². The molecule has 3 spiro atoms. The van der Waals surface area contributed by atoms with Crippen LogP contribution in [0.4, 0.5) is 5.69 Å². The van der Waals surface area contributed by atoms with Crippen LogP contribution in [0.1, 0.15) is 18.4 Å². The Morgan fingerprint density at radius 3 is 3.11 bits per heavy atom. The fourth-order valence-electron chi connectivity index (χ4n) is 8.98. The number of hydrogen-bond acceptors (Lipinski definition) is 6. The molecule has 1 aromatic carbocycles. The number of ketones is 1. The summed E-state index contributed by atoms with van der Waals surface area (Å²) in [6, 6.07) is 6.51. The maximum Gasteiger partial charge on any atom is 0.165 e. The Morgan fingerprint density at radius 2 is 2.26 bits per heavy atom. The molecule has 1 unspecified atom stereocenters. The molecule has 0 radical (unpaired) electrons. The molecule has 3 N–H and O–H groups in total. The topological polar surface area (TPSA) is 76.8 Å². The number of carbonyl (C=O) groups excluding carboxylic acids is 1. The van der Waals surface area contributed by atoms with Crippen molar-refractivity contribution in [2.45, 2.75) is 47.7 Å². The fourth-order valence-corrected chi connectivity index (χ4v) is 8.98. The molecule has 3 saturated heterocycles. The Hall–Kier alpha value is -1.89. The van der Waals surface area contributed by atoms with Crippen molar-refractivity contribution in [2.24, 2.45) is 17.1 Å². The van der Waals surface area contributed by atoms with Gasteiger partial charge in [0.25, 0.3) is 0 Å². The van der Waals surface area contributed by atoms with Crippen molar-refractivity contribution < 1.29 is 14.3 Å². The Labute approximate surface area is 156 Å². The molecule has 0 aromatic heterocycles. The normalized spacial score (nSPS) is 58.6. The van der Waals surface area contributed by atoms with Crippen molar-refractivity contribution in [3.63, 3.8) is 0 Å². The van der Waals surface area contributed by atoms with E-state index < -0.39 is 11.1 Å². The Bertz CT molecular complexity index is 1020. The highest BCUT2D eigenvalue weighted by molar-refractivity contribution is 6.05. The van der Waals surface area contributed by atoms with Crippen LogP contribution in [0.3, 0.4) is 0 Å². The number of hydrogen-bond donors (Lipinski definition) is 2. The summed E-state index contributed by atoms with van der Waals surface area (Å²) in [6.45, 7) is 0.849. The molecule has 4 saturated carbocycles. The van der Waals surface area contributed by atoms with E-state index in [0.717, 1.165) is 30.8 Å². The third-order valence-electron chi connectivity index (χ3n) is 9.36. The van der Waals surface area contributed by atoms with Gasteiger partial charge in [-0.1, -0.05) is 24.3 Å². The summed E-state index contributed by atoms with van der Waals surface area (Å²) in [4.78, 5) is 16.3. The van der Waals surface area contributed by atoms with Crippen LogP contribution in [0, 0.1) is 11.3 Å². The molecule has 27 heavy (non-hydrogen) atoms. The number of ether oxygens (including phenoxy) is 2. The van der Waals surface area contributed by atoms with Gasteiger partial charge >= 0.3 is 0 Å². The first-order valence-corrected chi connectivity index (χ1v) is 9.96. The molecule has 4 aliphatic carbocycles. The van der Waals surface area contributed by atoms with Gasteiger partial charge in [0.1, 0.15) is 17.5 Å². The molecule has 5 heterocycles. The third kappa shape index (κ3) is 0.921. The highest BCUT2D eigenvalue weighted by Crippen LogP contribution is 2.83. The predicted octanol–water partition coefficient (Wildman–Crippen LogP) is 0.766. The zero-order valence-electron chi connectivity index (χ0n) is 15.1. The number of nitrogens with zero attached hydrogens (tertiary/aromatic N) is 1. The Kier molecular flexibility index (Phi) is 1.87. The van der Waals surface area contributed by atoms with Gasteiger partial charge in [0.15, 0.2) is 5.78 Å². The number of anilines is 1. The van der Waals surface area contributed by atoms with Gasteiger partial charge in [0, 0.05) is 18.0 Å². The molecular weight excluding hydrogens is 342 g/mol.